The highest BCUT2D eigenvalue weighted by Gasteiger charge is 2.10. The highest BCUT2D eigenvalue weighted by Crippen LogP contribution is 2.19. The average molecular weight is 370 g/mol. The van der Waals surface area contributed by atoms with Crippen molar-refractivity contribution in [2.45, 2.75) is 19.9 Å². The molecular formula is C20H23FN4O2. The number of benzene rings is 1. The molecule has 2 heterocycles. The maximum absolute atomic E-state index is 13.6. The van der Waals surface area contributed by atoms with Crippen molar-refractivity contribution in [2.24, 2.45) is 0 Å². The van der Waals surface area contributed by atoms with E-state index >= 15 is 0 Å². The minimum Gasteiger partial charge on any atom is -0.383 e. The third kappa shape index (κ3) is 4.62. The van der Waals surface area contributed by atoms with Crippen molar-refractivity contribution in [1.29, 1.82) is 0 Å². The van der Waals surface area contributed by atoms with Gasteiger partial charge in [0.15, 0.2) is 0 Å². The third-order valence-corrected chi connectivity index (χ3v) is 4.36. The van der Waals surface area contributed by atoms with Gasteiger partial charge < -0.3 is 19.9 Å². The molecule has 7 heteroatoms. The molecule has 1 aromatic carbocycles. The molecule has 6 nitrogen and oxygen atoms in total. The quantitative estimate of drug-likeness (QED) is 0.669. The molecule has 0 atom stereocenters. The SMILES string of the molecule is COCCn1cc(CCNC(=O)Nc2ccc(C)c(F)c2)c2cccnc21. The van der Waals surface area contributed by atoms with Crippen molar-refractivity contribution in [3.05, 3.63) is 59.7 Å². The molecule has 0 unspecified atom stereocenters. The van der Waals surface area contributed by atoms with Crippen LogP contribution >= 0.6 is 0 Å². The first kappa shape index (κ1) is 18.8. The van der Waals surface area contributed by atoms with Crippen molar-refractivity contribution in [1.82, 2.24) is 14.9 Å². The molecule has 3 rings (SSSR count). The lowest BCUT2D eigenvalue weighted by molar-refractivity contribution is 0.188. The summed E-state index contributed by atoms with van der Waals surface area (Å²) >= 11 is 0. The monoisotopic (exact) mass is 370 g/mol. The van der Waals surface area contributed by atoms with Gasteiger partial charge in [-0.3, -0.25) is 0 Å². The minimum atomic E-state index is -0.362. The summed E-state index contributed by atoms with van der Waals surface area (Å²) in [5, 5.41) is 6.51. The van der Waals surface area contributed by atoms with Crippen molar-refractivity contribution in [3.8, 4) is 0 Å². The van der Waals surface area contributed by atoms with Crippen LogP contribution in [0.3, 0.4) is 0 Å². The van der Waals surface area contributed by atoms with Crippen LogP contribution < -0.4 is 10.6 Å². The van der Waals surface area contributed by atoms with Gasteiger partial charge in [0.1, 0.15) is 11.5 Å². The van der Waals surface area contributed by atoms with Crippen molar-refractivity contribution < 1.29 is 13.9 Å². The number of ether oxygens (including phenoxy) is 1. The normalized spacial score (nSPS) is 10.9. The lowest BCUT2D eigenvalue weighted by Gasteiger charge is -2.08. The number of nitrogens with zero attached hydrogens (tertiary/aromatic N) is 2. The fourth-order valence-electron chi connectivity index (χ4n) is 2.91. The summed E-state index contributed by atoms with van der Waals surface area (Å²) in [4.78, 5) is 16.5. The number of amides is 2. The molecule has 0 fully saturated rings. The number of anilines is 1. The Morgan fingerprint density at radius 1 is 1.33 bits per heavy atom. The number of methoxy groups -OCH3 is 1. The lowest BCUT2D eigenvalue weighted by atomic mass is 10.1. The van der Waals surface area contributed by atoms with Crippen molar-refractivity contribution in [2.75, 3.05) is 25.6 Å². The van der Waals surface area contributed by atoms with Gasteiger partial charge in [-0.1, -0.05) is 6.07 Å². The lowest BCUT2D eigenvalue weighted by Crippen LogP contribution is -2.30. The number of urea groups is 1. The Balaban J connectivity index is 1.59. The number of aromatic nitrogens is 2. The predicted molar refractivity (Wildman–Crippen MR) is 103 cm³/mol. The molecule has 142 valence electrons. The van der Waals surface area contributed by atoms with Gasteiger partial charge in [-0.05, 0) is 48.7 Å². The minimum absolute atomic E-state index is 0.343. The van der Waals surface area contributed by atoms with Crippen molar-refractivity contribution >= 4 is 22.8 Å². The first-order valence-electron chi connectivity index (χ1n) is 8.81. The van der Waals surface area contributed by atoms with Gasteiger partial charge in [-0.15, -0.1) is 0 Å². The van der Waals surface area contributed by atoms with Crippen LogP contribution in [0, 0.1) is 12.7 Å². The molecule has 0 aliphatic heterocycles. The Morgan fingerprint density at radius 2 is 2.19 bits per heavy atom. The third-order valence-electron chi connectivity index (χ3n) is 4.36. The van der Waals surface area contributed by atoms with Crippen LogP contribution in [-0.2, 0) is 17.7 Å². The second-order valence-corrected chi connectivity index (χ2v) is 6.31. The zero-order valence-corrected chi connectivity index (χ0v) is 15.5. The van der Waals surface area contributed by atoms with Gasteiger partial charge in [0, 0.05) is 43.7 Å². The van der Waals surface area contributed by atoms with E-state index < -0.39 is 0 Å². The van der Waals surface area contributed by atoms with Crippen LogP contribution in [0.2, 0.25) is 0 Å². The van der Waals surface area contributed by atoms with E-state index in [4.69, 9.17) is 4.74 Å². The highest BCUT2D eigenvalue weighted by molar-refractivity contribution is 5.89. The van der Waals surface area contributed by atoms with Crippen LogP contribution in [0.5, 0.6) is 0 Å². The van der Waals surface area contributed by atoms with Crippen LogP contribution in [0.15, 0.2) is 42.7 Å². The molecule has 3 aromatic rings. The number of rotatable bonds is 7. The summed E-state index contributed by atoms with van der Waals surface area (Å²) in [6.45, 7) is 3.46. The molecule has 0 saturated carbocycles. The summed E-state index contributed by atoms with van der Waals surface area (Å²) < 4.78 is 20.8. The molecule has 0 spiro atoms. The topological polar surface area (TPSA) is 68.2 Å². The number of hydrogen-bond acceptors (Lipinski definition) is 3. The molecular weight excluding hydrogens is 347 g/mol. The fourth-order valence-corrected chi connectivity index (χ4v) is 2.91. The van der Waals surface area contributed by atoms with Crippen molar-refractivity contribution in [3.63, 3.8) is 0 Å². The van der Waals surface area contributed by atoms with E-state index in [0.717, 1.165) is 23.1 Å². The zero-order valence-electron chi connectivity index (χ0n) is 15.5. The highest BCUT2D eigenvalue weighted by atomic mass is 19.1. The number of carbonyl (C=O) groups is 1. The van der Waals surface area contributed by atoms with Gasteiger partial charge in [-0.2, -0.15) is 0 Å². The van der Waals surface area contributed by atoms with Gasteiger partial charge in [0.25, 0.3) is 0 Å². The van der Waals surface area contributed by atoms with E-state index in [1.165, 1.54) is 6.07 Å². The molecule has 0 aliphatic rings. The standard InChI is InChI=1S/C20H23FN4O2/c1-14-5-6-16(12-18(14)21)24-20(26)23-9-7-15-13-25(10-11-27-2)19-17(15)4-3-8-22-19/h3-6,8,12-13H,7,9-11H2,1-2H3,(H2,23,24,26). The molecule has 27 heavy (non-hydrogen) atoms. The van der Waals surface area contributed by atoms with Crippen LogP contribution in [0.4, 0.5) is 14.9 Å². The van der Waals surface area contributed by atoms with E-state index in [1.807, 2.05) is 18.3 Å². The predicted octanol–water partition coefficient (Wildman–Crippen LogP) is 3.49. The molecule has 2 N–H and O–H groups in total. The Bertz CT molecular complexity index is 939. The Hall–Kier alpha value is -2.93. The first-order valence-corrected chi connectivity index (χ1v) is 8.81. The molecule has 0 saturated heterocycles. The first-order chi connectivity index (χ1) is 13.1. The van der Waals surface area contributed by atoms with Gasteiger partial charge in [0.2, 0.25) is 0 Å². The van der Waals surface area contributed by atoms with Crippen LogP contribution in [0.1, 0.15) is 11.1 Å². The molecule has 2 amide bonds. The fraction of sp³-hybridized carbons (Fsp3) is 0.300. The molecule has 0 radical (unpaired) electrons. The summed E-state index contributed by atoms with van der Waals surface area (Å²) in [6.07, 6.45) is 4.48. The van der Waals surface area contributed by atoms with E-state index in [2.05, 4.69) is 20.2 Å². The number of halogens is 1. The Labute approximate surface area is 157 Å². The second kappa shape index (κ2) is 8.64. The van der Waals surface area contributed by atoms with E-state index in [0.29, 0.717) is 30.8 Å². The van der Waals surface area contributed by atoms with E-state index in [1.54, 1.807) is 32.4 Å². The van der Waals surface area contributed by atoms with E-state index in [-0.39, 0.29) is 11.8 Å². The van der Waals surface area contributed by atoms with Crippen LogP contribution in [0.25, 0.3) is 11.0 Å². The maximum atomic E-state index is 13.6. The Kier molecular flexibility index (Phi) is 6.03. The summed E-state index contributed by atoms with van der Waals surface area (Å²) in [5.74, 6) is -0.343. The number of aryl methyl sites for hydroxylation is 1. The summed E-state index contributed by atoms with van der Waals surface area (Å²) in [5.41, 5.74) is 2.98. The van der Waals surface area contributed by atoms with Gasteiger partial charge in [0.05, 0.1) is 6.61 Å². The average Bonchev–Trinajstić information content (AvgIpc) is 3.01. The van der Waals surface area contributed by atoms with Crippen LogP contribution in [-0.4, -0.2) is 35.8 Å². The molecule has 0 aliphatic carbocycles. The Morgan fingerprint density at radius 3 is 2.96 bits per heavy atom. The number of carbonyl (C=O) groups excluding carboxylic acids is 1. The summed E-state index contributed by atoms with van der Waals surface area (Å²) in [6, 6.07) is 8.18. The maximum Gasteiger partial charge on any atom is 0.319 e. The molecule has 2 aromatic heterocycles. The smallest absolute Gasteiger partial charge is 0.319 e. The number of nitrogens with one attached hydrogen (secondary N) is 2. The number of fused-ring (bicyclic) bond motifs is 1. The van der Waals surface area contributed by atoms with Gasteiger partial charge >= 0.3 is 6.03 Å². The van der Waals surface area contributed by atoms with Gasteiger partial charge in [-0.25, -0.2) is 14.2 Å². The van der Waals surface area contributed by atoms with E-state index in [9.17, 15) is 9.18 Å². The number of hydrogen-bond donors (Lipinski definition) is 2. The number of pyridine rings is 1. The largest absolute Gasteiger partial charge is 0.383 e. The zero-order chi connectivity index (χ0) is 19.2. The second-order valence-electron chi connectivity index (χ2n) is 6.31. The molecule has 0 bridgehead atoms. The summed E-state index contributed by atoms with van der Waals surface area (Å²) in [7, 11) is 1.67.